The van der Waals surface area contributed by atoms with Crippen molar-refractivity contribution in [3.63, 3.8) is 0 Å². The fraction of sp³-hybridized carbons (Fsp3) is 0.200. The van der Waals surface area contributed by atoms with Gasteiger partial charge in [-0.05, 0) is 0 Å². The summed E-state index contributed by atoms with van der Waals surface area (Å²) in [5, 5.41) is 0. The molecule has 0 unspecified atom stereocenters. The first-order valence-corrected chi connectivity index (χ1v) is 7.19. The van der Waals surface area contributed by atoms with E-state index in [-0.39, 0.29) is 0 Å². The van der Waals surface area contributed by atoms with Gasteiger partial charge in [0, 0.05) is 0 Å². The van der Waals surface area contributed by atoms with Crippen LogP contribution in [-0.4, -0.2) is 17.4 Å². The van der Waals surface area contributed by atoms with Crippen LogP contribution in [0, 0.1) is 0 Å². The van der Waals surface area contributed by atoms with E-state index in [9.17, 15) is 0 Å². The third kappa shape index (κ3) is 9.60. The molecule has 0 aliphatic carbocycles. The third-order valence-corrected chi connectivity index (χ3v) is 3.21. The second-order valence-electron chi connectivity index (χ2n) is 2.73. The molecule has 0 aromatic carbocycles. The zero-order chi connectivity index (χ0) is 8.69. The van der Waals surface area contributed by atoms with E-state index in [0.29, 0.717) is 0 Å². The monoisotopic (exact) mass is 204 g/mol. The quantitative estimate of drug-likeness (QED) is 0.488. The molecule has 0 radical (unpaired) electrons. The first kappa shape index (κ1) is 10.6. The van der Waals surface area contributed by atoms with Crippen LogP contribution < -0.4 is 0 Å². The summed E-state index contributed by atoms with van der Waals surface area (Å²) in [7, 11) is 0. The second kappa shape index (κ2) is 6.32. The van der Waals surface area contributed by atoms with Gasteiger partial charge in [-0.2, -0.15) is 0 Å². The average Bonchev–Trinajstić information content (AvgIpc) is 1.85. The summed E-state index contributed by atoms with van der Waals surface area (Å²) in [6.07, 6.45) is 4.20. The predicted octanol–water partition coefficient (Wildman–Crippen LogP) is 2.60. The minimum atomic E-state index is -0.547. The molecule has 0 aromatic heterocycles. The van der Waals surface area contributed by atoms with Gasteiger partial charge in [0.05, 0.1) is 0 Å². The van der Waals surface area contributed by atoms with Crippen LogP contribution in [0.25, 0.3) is 0 Å². The molecule has 0 fully saturated rings. The van der Waals surface area contributed by atoms with Gasteiger partial charge in [0.25, 0.3) is 0 Å². The van der Waals surface area contributed by atoms with Crippen molar-refractivity contribution < 1.29 is 0 Å². The van der Waals surface area contributed by atoms with Crippen LogP contribution in [0.3, 0.4) is 0 Å². The molecule has 0 heterocycles. The normalized spacial score (nSPS) is 10.7. The SMILES string of the molecule is C=C(C)C=[CH][GaH][CH]=CC(=C)C. The summed E-state index contributed by atoms with van der Waals surface area (Å²) in [4.78, 5) is 0. The van der Waals surface area contributed by atoms with Crippen molar-refractivity contribution >= 4 is 17.4 Å². The molecule has 0 bridgehead atoms. The summed E-state index contributed by atoms with van der Waals surface area (Å²) in [5.41, 5.74) is 2.28. The molecular weight excluding hydrogens is 190 g/mol. The number of rotatable bonds is 4. The van der Waals surface area contributed by atoms with Crippen molar-refractivity contribution in [3.8, 4) is 0 Å². The van der Waals surface area contributed by atoms with Gasteiger partial charge in [-0.3, -0.25) is 0 Å². The average molecular weight is 205 g/mol. The fourth-order valence-electron chi connectivity index (χ4n) is 0.617. The Labute approximate surface area is 77.2 Å². The molecule has 58 valence electrons. The summed E-state index contributed by atoms with van der Waals surface area (Å²) in [5.74, 6) is 0. The van der Waals surface area contributed by atoms with Crippen molar-refractivity contribution in [3.05, 3.63) is 45.7 Å². The summed E-state index contributed by atoms with van der Waals surface area (Å²) < 4.78 is 4.55. The van der Waals surface area contributed by atoms with Crippen molar-refractivity contribution in [2.45, 2.75) is 13.8 Å². The van der Waals surface area contributed by atoms with Crippen LogP contribution >= 0.6 is 0 Å². The molecule has 0 spiro atoms. The summed E-state index contributed by atoms with van der Waals surface area (Å²) >= 11 is -0.547. The Hall–Kier alpha value is -0.404. The Kier molecular flexibility index (Phi) is 6.08. The van der Waals surface area contributed by atoms with Crippen LogP contribution in [-0.2, 0) is 0 Å². The topological polar surface area (TPSA) is 0 Å². The zero-order valence-corrected chi connectivity index (χ0v) is 10.4. The second-order valence-corrected chi connectivity index (χ2v) is 5.70. The van der Waals surface area contributed by atoms with Gasteiger partial charge >= 0.3 is 77.0 Å². The van der Waals surface area contributed by atoms with Crippen molar-refractivity contribution in [2.75, 3.05) is 0 Å². The summed E-state index contributed by atoms with van der Waals surface area (Å²) in [6.45, 7) is 11.6. The van der Waals surface area contributed by atoms with Crippen LogP contribution in [0.5, 0.6) is 0 Å². The molecule has 0 atom stereocenters. The van der Waals surface area contributed by atoms with Gasteiger partial charge in [0.1, 0.15) is 0 Å². The summed E-state index contributed by atoms with van der Waals surface area (Å²) in [6, 6.07) is 0. The van der Waals surface area contributed by atoms with Gasteiger partial charge in [0.2, 0.25) is 0 Å². The predicted molar refractivity (Wildman–Crippen MR) is 55.1 cm³/mol. The Balaban J connectivity index is 3.57. The molecule has 0 aliphatic heterocycles. The van der Waals surface area contributed by atoms with Crippen molar-refractivity contribution in [1.82, 2.24) is 0 Å². The Morgan fingerprint density at radius 1 is 1.00 bits per heavy atom. The van der Waals surface area contributed by atoms with E-state index in [1.165, 1.54) is 0 Å². The van der Waals surface area contributed by atoms with E-state index < -0.39 is 17.4 Å². The molecule has 0 saturated heterocycles. The first-order chi connectivity index (χ1) is 5.13. The maximum atomic E-state index is 3.79. The minimum absolute atomic E-state index is 0.547. The molecule has 0 amide bonds. The van der Waals surface area contributed by atoms with Gasteiger partial charge in [-0.15, -0.1) is 0 Å². The van der Waals surface area contributed by atoms with E-state index in [1.54, 1.807) is 0 Å². The molecule has 1 heteroatoms. The molecule has 0 nitrogen and oxygen atoms in total. The Bertz CT molecular complexity index is 175. The van der Waals surface area contributed by atoms with Crippen molar-refractivity contribution in [2.24, 2.45) is 0 Å². The van der Waals surface area contributed by atoms with Crippen LogP contribution in [0.15, 0.2) is 45.7 Å². The molecule has 0 N–H and O–H groups in total. The van der Waals surface area contributed by atoms with E-state index in [0.717, 1.165) is 11.1 Å². The van der Waals surface area contributed by atoms with Crippen LogP contribution in [0.2, 0.25) is 0 Å². The Morgan fingerprint density at radius 2 is 1.36 bits per heavy atom. The molecular formula is C10H15Ga. The number of hydrogen-bond donors (Lipinski definition) is 0. The fourth-order valence-corrected chi connectivity index (χ4v) is 3.21. The van der Waals surface area contributed by atoms with E-state index in [4.69, 9.17) is 0 Å². The molecule has 0 aliphatic rings. The molecule has 11 heavy (non-hydrogen) atoms. The number of allylic oxidation sites excluding steroid dienone is 4. The number of hydrogen-bond acceptors (Lipinski definition) is 0. The van der Waals surface area contributed by atoms with E-state index in [1.807, 2.05) is 13.8 Å². The van der Waals surface area contributed by atoms with Crippen molar-refractivity contribution in [1.29, 1.82) is 0 Å². The van der Waals surface area contributed by atoms with E-state index in [2.05, 4.69) is 34.6 Å². The molecule has 0 rings (SSSR count). The molecule has 0 aromatic rings. The Morgan fingerprint density at radius 3 is 1.64 bits per heavy atom. The van der Waals surface area contributed by atoms with Gasteiger partial charge in [0.15, 0.2) is 0 Å². The first-order valence-electron chi connectivity index (χ1n) is 3.77. The van der Waals surface area contributed by atoms with Gasteiger partial charge in [-0.25, -0.2) is 0 Å². The van der Waals surface area contributed by atoms with Crippen LogP contribution in [0.1, 0.15) is 13.8 Å². The van der Waals surface area contributed by atoms with Gasteiger partial charge in [-0.1, -0.05) is 0 Å². The van der Waals surface area contributed by atoms with E-state index >= 15 is 0 Å². The zero-order valence-electron chi connectivity index (χ0n) is 7.43. The third-order valence-electron chi connectivity index (χ3n) is 1.08. The maximum absolute atomic E-state index is 3.79. The molecule has 0 saturated carbocycles. The standard InChI is InChI=1S/2C5H7.Ga.H/c2*1-4-5(2)3;;/h2*1,4H,2H2,3H3;;. The van der Waals surface area contributed by atoms with Crippen LogP contribution in [0.4, 0.5) is 0 Å². The van der Waals surface area contributed by atoms with Gasteiger partial charge < -0.3 is 0 Å².